The third kappa shape index (κ3) is 1.43. The highest BCUT2D eigenvalue weighted by Crippen LogP contribution is 2.45. The Bertz CT molecular complexity index is 766. The van der Waals surface area contributed by atoms with Gasteiger partial charge in [-0.2, -0.15) is 0 Å². The number of rotatable bonds is 0. The number of anilines is 1. The van der Waals surface area contributed by atoms with Crippen LogP contribution in [0.2, 0.25) is 0 Å². The summed E-state index contributed by atoms with van der Waals surface area (Å²) in [6, 6.07) is 5.87. The zero-order chi connectivity index (χ0) is 13.7. The van der Waals surface area contributed by atoms with Crippen LogP contribution in [0.5, 0.6) is 0 Å². The Hall–Kier alpha value is -2.58. The van der Waals surface area contributed by atoms with Gasteiger partial charge >= 0.3 is 0 Å². The number of fused-ring (bicyclic) bond motifs is 2. The van der Waals surface area contributed by atoms with E-state index < -0.39 is 5.41 Å². The van der Waals surface area contributed by atoms with Crippen LogP contribution < -0.4 is 11.1 Å². The summed E-state index contributed by atoms with van der Waals surface area (Å²) in [7, 11) is 0. The first-order chi connectivity index (χ1) is 9.67. The van der Waals surface area contributed by atoms with Crippen LogP contribution in [-0.4, -0.2) is 12.1 Å². The summed E-state index contributed by atoms with van der Waals surface area (Å²) in [5, 5.41) is 2.85. The van der Waals surface area contributed by atoms with Crippen molar-refractivity contribution in [3.05, 3.63) is 58.6 Å². The average Bonchev–Trinajstić information content (AvgIpc) is 2.66. The number of nitrogens with zero attached hydrogens (tertiary/aromatic N) is 1. The zero-order valence-electron chi connectivity index (χ0n) is 10.8. The van der Waals surface area contributed by atoms with Crippen molar-refractivity contribution >= 4 is 17.8 Å². The Morgan fingerprint density at radius 3 is 3.05 bits per heavy atom. The van der Waals surface area contributed by atoms with Gasteiger partial charge in [0.15, 0.2) is 5.82 Å². The number of aliphatic imine (C=N–C) groups is 1. The molecule has 2 aliphatic heterocycles. The highest BCUT2D eigenvalue weighted by Gasteiger charge is 2.48. The highest BCUT2D eigenvalue weighted by molar-refractivity contribution is 5.92. The molecule has 1 atom stereocenters. The van der Waals surface area contributed by atoms with Crippen molar-refractivity contribution in [2.45, 2.75) is 12.8 Å². The van der Waals surface area contributed by atoms with Crippen molar-refractivity contribution in [1.29, 1.82) is 0 Å². The first kappa shape index (κ1) is 11.3. The van der Waals surface area contributed by atoms with Crippen LogP contribution in [0.1, 0.15) is 11.1 Å². The monoisotopic (exact) mass is 263 g/mol. The van der Waals surface area contributed by atoms with Gasteiger partial charge < -0.3 is 11.1 Å². The molecular formula is C16H13N3O. The molecule has 1 aliphatic carbocycles. The van der Waals surface area contributed by atoms with Gasteiger partial charge in [-0.05, 0) is 48.3 Å². The fourth-order valence-electron chi connectivity index (χ4n) is 3.20. The van der Waals surface area contributed by atoms with Crippen molar-refractivity contribution in [2.24, 2.45) is 10.4 Å². The molecule has 4 rings (SSSR count). The third-order valence-corrected chi connectivity index (χ3v) is 4.20. The summed E-state index contributed by atoms with van der Waals surface area (Å²) < 4.78 is 0. The van der Waals surface area contributed by atoms with E-state index in [1.165, 1.54) is 5.56 Å². The largest absolute Gasteiger partial charge is 0.399 e. The predicted octanol–water partition coefficient (Wildman–Crippen LogP) is 1.49. The van der Waals surface area contributed by atoms with Crippen LogP contribution in [0.25, 0.3) is 0 Å². The topological polar surface area (TPSA) is 67.5 Å². The molecule has 1 aromatic carbocycles. The molecule has 0 radical (unpaired) electrons. The second-order valence-electron chi connectivity index (χ2n) is 5.44. The molecular weight excluding hydrogens is 250 g/mol. The average molecular weight is 263 g/mol. The fraction of sp³-hybridized carbons (Fsp3) is 0.188. The number of carbonyl (C=O) groups excluding carboxylic acids is 1. The maximum absolute atomic E-state index is 12.6. The van der Waals surface area contributed by atoms with Gasteiger partial charge in [0.25, 0.3) is 0 Å². The molecule has 1 amide bonds. The van der Waals surface area contributed by atoms with E-state index in [-0.39, 0.29) is 5.91 Å². The van der Waals surface area contributed by atoms with E-state index in [2.05, 4.69) is 16.0 Å². The summed E-state index contributed by atoms with van der Waals surface area (Å²) in [6.45, 7) is 0. The van der Waals surface area contributed by atoms with E-state index >= 15 is 0 Å². The molecule has 0 saturated heterocycles. The molecule has 1 spiro atoms. The zero-order valence-corrected chi connectivity index (χ0v) is 10.8. The molecule has 1 aromatic rings. The van der Waals surface area contributed by atoms with Gasteiger partial charge in [-0.15, -0.1) is 0 Å². The lowest BCUT2D eigenvalue weighted by Gasteiger charge is -2.30. The van der Waals surface area contributed by atoms with E-state index in [4.69, 9.17) is 5.73 Å². The van der Waals surface area contributed by atoms with E-state index in [9.17, 15) is 4.79 Å². The van der Waals surface area contributed by atoms with Crippen LogP contribution in [0, 0.1) is 5.41 Å². The lowest BCUT2D eigenvalue weighted by atomic mass is 9.75. The van der Waals surface area contributed by atoms with Gasteiger partial charge in [0.1, 0.15) is 0 Å². The smallest absolute Gasteiger partial charge is 0.237 e. The summed E-state index contributed by atoms with van der Waals surface area (Å²) in [5.41, 5.74) is 12.5. The number of carbonyl (C=O) groups is 1. The van der Waals surface area contributed by atoms with Crippen LogP contribution in [-0.2, 0) is 17.6 Å². The molecule has 0 saturated carbocycles. The molecule has 2 bridgehead atoms. The van der Waals surface area contributed by atoms with Gasteiger partial charge in [-0.25, -0.2) is 4.99 Å². The number of hydrogen-bond acceptors (Lipinski definition) is 3. The molecule has 2 heterocycles. The Labute approximate surface area is 116 Å². The molecule has 4 heteroatoms. The van der Waals surface area contributed by atoms with Crippen molar-refractivity contribution in [1.82, 2.24) is 5.32 Å². The first-order valence-electron chi connectivity index (χ1n) is 6.58. The van der Waals surface area contributed by atoms with E-state index in [0.29, 0.717) is 18.7 Å². The number of allylic oxidation sites excluding steroid dienone is 2. The van der Waals surface area contributed by atoms with Crippen molar-refractivity contribution in [2.75, 3.05) is 5.73 Å². The van der Waals surface area contributed by atoms with E-state index in [0.717, 1.165) is 16.8 Å². The molecule has 3 N–H and O–H groups in total. The summed E-state index contributed by atoms with van der Waals surface area (Å²) >= 11 is 0. The Morgan fingerprint density at radius 2 is 2.15 bits per heavy atom. The van der Waals surface area contributed by atoms with Crippen LogP contribution in [0.4, 0.5) is 5.69 Å². The van der Waals surface area contributed by atoms with Crippen molar-refractivity contribution in [3.8, 4) is 0 Å². The number of nitrogens with two attached hydrogens (primary N) is 1. The minimum Gasteiger partial charge on any atom is -0.399 e. The number of benzene rings is 1. The Balaban J connectivity index is 1.87. The third-order valence-electron chi connectivity index (χ3n) is 4.20. The van der Waals surface area contributed by atoms with Gasteiger partial charge in [0.05, 0.1) is 5.41 Å². The predicted molar refractivity (Wildman–Crippen MR) is 77.0 cm³/mol. The molecule has 20 heavy (non-hydrogen) atoms. The molecule has 3 aliphatic rings. The first-order valence-corrected chi connectivity index (χ1v) is 6.58. The summed E-state index contributed by atoms with van der Waals surface area (Å²) in [4.78, 5) is 16.7. The quantitative estimate of drug-likeness (QED) is 0.550. The van der Waals surface area contributed by atoms with Gasteiger partial charge in [0.2, 0.25) is 5.91 Å². The number of nitrogen functional groups attached to an aromatic ring is 1. The lowest BCUT2D eigenvalue weighted by molar-refractivity contribution is -0.128. The van der Waals surface area contributed by atoms with Crippen molar-refractivity contribution < 1.29 is 4.79 Å². The summed E-state index contributed by atoms with van der Waals surface area (Å²) in [5.74, 6) is 0.496. The summed E-state index contributed by atoms with van der Waals surface area (Å²) in [6.07, 6.45) is 6.82. The molecule has 98 valence electrons. The minimum atomic E-state index is -0.566. The second-order valence-corrected chi connectivity index (χ2v) is 5.44. The van der Waals surface area contributed by atoms with Gasteiger partial charge in [0, 0.05) is 17.5 Å². The fourth-order valence-corrected chi connectivity index (χ4v) is 3.20. The maximum atomic E-state index is 12.6. The SMILES string of the molecule is Nc1ccc2c(c1)CC1(C2)C(=O)NC2=C=C1C=CC=N2. The van der Waals surface area contributed by atoms with Crippen LogP contribution in [0.15, 0.2) is 52.5 Å². The minimum absolute atomic E-state index is 0.000258. The van der Waals surface area contributed by atoms with Gasteiger partial charge in [-0.1, -0.05) is 11.8 Å². The Kier molecular flexibility index (Phi) is 2.09. The molecule has 0 fully saturated rings. The highest BCUT2D eigenvalue weighted by atomic mass is 16.2. The lowest BCUT2D eigenvalue weighted by Crippen LogP contribution is -2.44. The van der Waals surface area contributed by atoms with Crippen LogP contribution >= 0.6 is 0 Å². The molecule has 0 aromatic heterocycles. The number of nitrogens with one attached hydrogen (secondary N) is 1. The Morgan fingerprint density at radius 1 is 1.30 bits per heavy atom. The van der Waals surface area contributed by atoms with Crippen molar-refractivity contribution in [3.63, 3.8) is 0 Å². The standard InChI is InChI=1S/C16H13N3O/c17-13-4-3-10-8-16(9-11(10)6-13)12-2-1-5-18-14(7-12)19-15(16)20/h1-6H,8-9,17H2,(H,19,20). The molecule has 1 unspecified atom stereocenters. The maximum Gasteiger partial charge on any atom is 0.237 e. The number of amides is 1. The van der Waals surface area contributed by atoms with Crippen LogP contribution in [0.3, 0.4) is 0 Å². The number of hydrogen-bond donors (Lipinski definition) is 2. The van der Waals surface area contributed by atoms with E-state index in [1.54, 1.807) is 6.21 Å². The molecule has 4 nitrogen and oxygen atoms in total. The normalized spacial score (nSPS) is 25.9. The van der Waals surface area contributed by atoms with E-state index in [1.807, 2.05) is 30.4 Å². The van der Waals surface area contributed by atoms with Gasteiger partial charge in [-0.3, -0.25) is 4.79 Å². The second kappa shape index (κ2) is 3.71.